The lowest BCUT2D eigenvalue weighted by Crippen LogP contribution is -2.46. The van der Waals surface area contributed by atoms with Crippen molar-refractivity contribution >= 4 is 17.8 Å². The first-order valence-electron chi connectivity index (χ1n) is 9.24. The van der Waals surface area contributed by atoms with Gasteiger partial charge in [0.05, 0.1) is 6.26 Å². The minimum absolute atomic E-state index is 0.168. The number of amides is 2. The first-order valence-corrected chi connectivity index (χ1v) is 9.24. The molecule has 3 atom stereocenters. The third-order valence-electron chi connectivity index (χ3n) is 5.08. The second-order valence-electron chi connectivity index (χ2n) is 7.49. The van der Waals surface area contributed by atoms with Gasteiger partial charge in [0.2, 0.25) is 0 Å². The predicted molar refractivity (Wildman–Crippen MR) is 93.3 cm³/mol. The zero-order valence-electron chi connectivity index (χ0n) is 15.3. The maximum absolute atomic E-state index is 12.4. The van der Waals surface area contributed by atoms with Gasteiger partial charge in [-0.25, -0.2) is 4.79 Å². The van der Waals surface area contributed by atoms with Gasteiger partial charge in [-0.1, -0.05) is 13.8 Å². The van der Waals surface area contributed by atoms with Gasteiger partial charge in [-0.05, 0) is 43.2 Å². The Morgan fingerprint density at radius 2 is 1.96 bits per heavy atom. The smallest absolute Gasteiger partial charge is 0.329 e. The van der Waals surface area contributed by atoms with Crippen LogP contribution in [0.25, 0.3) is 0 Å². The van der Waals surface area contributed by atoms with Gasteiger partial charge in [0, 0.05) is 19.6 Å². The molecule has 0 aliphatic carbocycles. The van der Waals surface area contributed by atoms with Crippen LogP contribution in [0.2, 0.25) is 0 Å². The van der Waals surface area contributed by atoms with Crippen molar-refractivity contribution in [1.82, 2.24) is 9.80 Å². The molecule has 3 heterocycles. The molecule has 1 aromatic heterocycles. The van der Waals surface area contributed by atoms with E-state index >= 15 is 0 Å². The van der Waals surface area contributed by atoms with Gasteiger partial charge in [-0.3, -0.25) is 9.59 Å². The number of carbonyl (C=O) groups is 3. The summed E-state index contributed by atoms with van der Waals surface area (Å²) in [5, 5.41) is 0. The van der Waals surface area contributed by atoms with Crippen LogP contribution in [0.4, 0.5) is 0 Å². The Morgan fingerprint density at radius 3 is 2.62 bits per heavy atom. The van der Waals surface area contributed by atoms with Crippen LogP contribution in [0.15, 0.2) is 22.8 Å². The molecule has 2 aliphatic rings. The number of furan rings is 1. The standard InChI is InChI=1S/C19H26N2O5/c1-13-9-14(2)11-20(10-13)17(22)12-26-19(24)15-5-3-7-21(15)18(23)16-6-4-8-25-16/h4,6,8,13-15H,3,5,7,9-12H2,1-2H3. The fourth-order valence-corrected chi connectivity index (χ4v) is 3.98. The Hall–Kier alpha value is -2.31. The predicted octanol–water partition coefficient (Wildman–Crippen LogP) is 1.93. The molecule has 2 aliphatic heterocycles. The molecule has 3 unspecified atom stereocenters. The molecule has 2 fully saturated rings. The molecule has 0 bridgehead atoms. The van der Waals surface area contributed by atoms with Gasteiger partial charge in [0.25, 0.3) is 11.8 Å². The Morgan fingerprint density at radius 1 is 1.23 bits per heavy atom. The number of hydrogen-bond donors (Lipinski definition) is 0. The van der Waals surface area contributed by atoms with Gasteiger partial charge >= 0.3 is 5.97 Å². The molecule has 0 aromatic carbocycles. The number of nitrogens with zero attached hydrogens (tertiary/aromatic N) is 2. The summed E-state index contributed by atoms with van der Waals surface area (Å²) >= 11 is 0. The molecule has 0 spiro atoms. The number of esters is 1. The lowest BCUT2D eigenvalue weighted by atomic mass is 9.92. The normalized spacial score (nSPS) is 26.0. The van der Waals surface area contributed by atoms with Crippen LogP contribution in [-0.2, 0) is 14.3 Å². The molecule has 3 rings (SSSR count). The van der Waals surface area contributed by atoms with E-state index in [4.69, 9.17) is 9.15 Å². The van der Waals surface area contributed by atoms with E-state index in [-0.39, 0.29) is 24.2 Å². The molecule has 7 heteroatoms. The van der Waals surface area contributed by atoms with E-state index < -0.39 is 12.0 Å². The van der Waals surface area contributed by atoms with Crippen LogP contribution in [0.5, 0.6) is 0 Å². The Labute approximate surface area is 153 Å². The lowest BCUT2D eigenvalue weighted by molar-refractivity contribution is -0.156. The van der Waals surface area contributed by atoms with Crippen LogP contribution < -0.4 is 0 Å². The van der Waals surface area contributed by atoms with Crippen molar-refractivity contribution in [2.75, 3.05) is 26.2 Å². The third kappa shape index (κ3) is 4.08. The molecule has 1 aromatic rings. The molecule has 2 saturated heterocycles. The number of piperidine rings is 1. The van der Waals surface area contributed by atoms with Crippen LogP contribution in [0.1, 0.15) is 43.7 Å². The van der Waals surface area contributed by atoms with Gasteiger partial charge in [-0.15, -0.1) is 0 Å². The summed E-state index contributed by atoms with van der Waals surface area (Å²) in [5.74, 6) is 0.105. The molecule has 7 nitrogen and oxygen atoms in total. The second kappa shape index (κ2) is 7.93. The summed E-state index contributed by atoms with van der Waals surface area (Å²) in [6.07, 6.45) is 3.80. The van der Waals surface area contributed by atoms with Crippen LogP contribution in [0, 0.1) is 11.8 Å². The maximum Gasteiger partial charge on any atom is 0.329 e. The highest BCUT2D eigenvalue weighted by Gasteiger charge is 2.37. The minimum Gasteiger partial charge on any atom is -0.459 e. The fourth-order valence-electron chi connectivity index (χ4n) is 3.98. The van der Waals surface area contributed by atoms with Crippen molar-refractivity contribution in [1.29, 1.82) is 0 Å². The van der Waals surface area contributed by atoms with E-state index in [1.54, 1.807) is 17.0 Å². The Bertz CT molecular complexity index is 647. The van der Waals surface area contributed by atoms with Crippen LogP contribution in [-0.4, -0.2) is 59.9 Å². The molecule has 26 heavy (non-hydrogen) atoms. The molecule has 0 radical (unpaired) electrons. The summed E-state index contributed by atoms with van der Waals surface area (Å²) in [6, 6.07) is 2.56. The second-order valence-corrected chi connectivity index (χ2v) is 7.49. The number of hydrogen-bond acceptors (Lipinski definition) is 5. The first kappa shape index (κ1) is 18.5. The summed E-state index contributed by atoms with van der Waals surface area (Å²) in [7, 11) is 0. The van der Waals surface area contributed by atoms with Crippen molar-refractivity contribution in [3.8, 4) is 0 Å². The van der Waals surface area contributed by atoms with Crippen molar-refractivity contribution in [3.63, 3.8) is 0 Å². The molecular weight excluding hydrogens is 336 g/mol. The number of ether oxygens (including phenoxy) is 1. The van der Waals surface area contributed by atoms with E-state index in [1.165, 1.54) is 11.2 Å². The monoisotopic (exact) mass is 362 g/mol. The summed E-state index contributed by atoms with van der Waals surface area (Å²) in [4.78, 5) is 40.5. The Balaban J connectivity index is 1.54. The fraction of sp³-hybridized carbons (Fsp3) is 0.632. The Kier molecular flexibility index (Phi) is 5.64. The number of rotatable bonds is 4. The van der Waals surface area contributed by atoms with E-state index in [2.05, 4.69) is 13.8 Å². The lowest BCUT2D eigenvalue weighted by Gasteiger charge is -2.35. The highest BCUT2D eigenvalue weighted by Crippen LogP contribution is 2.23. The average molecular weight is 362 g/mol. The van der Waals surface area contributed by atoms with Gasteiger partial charge in [0.15, 0.2) is 12.4 Å². The SMILES string of the molecule is CC1CC(C)CN(C(=O)COC(=O)C2CCCN2C(=O)c2ccco2)C1. The van der Waals surface area contributed by atoms with Crippen molar-refractivity contribution in [2.45, 2.75) is 39.2 Å². The third-order valence-corrected chi connectivity index (χ3v) is 5.08. The molecule has 0 saturated carbocycles. The van der Waals surface area contributed by atoms with Crippen molar-refractivity contribution in [3.05, 3.63) is 24.2 Å². The van der Waals surface area contributed by atoms with E-state index in [1.807, 2.05) is 0 Å². The molecule has 0 N–H and O–H groups in total. The molecular formula is C19H26N2O5. The zero-order valence-corrected chi connectivity index (χ0v) is 15.3. The first-order chi connectivity index (χ1) is 12.5. The quantitative estimate of drug-likeness (QED) is 0.765. The van der Waals surface area contributed by atoms with Crippen LogP contribution >= 0.6 is 0 Å². The van der Waals surface area contributed by atoms with Crippen molar-refractivity contribution < 1.29 is 23.5 Å². The van der Waals surface area contributed by atoms with E-state index in [0.29, 0.717) is 37.9 Å². The van der Waals surface area contributed by atoms with Crippen LogP contribution in [0.3, 0.4) is 0 Å². The summed E-state index contributed by atoms with van der Waals surface area (Å²) < 4.78 is 10.4. The van der Waals surface area contributed by atoms with Crippen molar-refractivity contribution in [2.24, 2.45) is 11.8 Å². The van der Waals surface area contributed by atoms with E-state index in [9.17, 15) is 14.4 Å². The van der Waals surface area contributed by atoms with E-state index in [0.717, 1.165) is 12.8 Å². The van der Waals surface area contributed by atoms with Gasteiger partial charge in [0.1, 0.15) is 6.04 Å². The van der Waals surface area contributed by atoms with Gasteiger partial charge < -0.3 is 19.0 Å². The largest absolute Gasteiger partial charge is 0.459 e. The zero-order chi connectivity index (χ0) is 18.7. The topological polar surface area (TPSA) is 80.1 Å². The number of carbonyl (C=O) groups excluding carboxylic acids is 3. The maximum atomic E-state index is 12.4. The minimum atomic E-state index is -0.653. The number of likely N-dealkylation sites (tertiary alicyclic amines) is 2. The summed E-state index contributed by atoms with van der Waals surface area (Å²) in [6.45, 7) is 5.86. The highest BCUT2D eigenvalue weighted by atomic mass is 16.5. The average Bonchev–Trinajstić information content (AvgIpc) is 3.29. The van der Waals surface area contributed by atoms with Gasteiger partial charge in [-0.2, -0.15) is 0 Å². The summed E-state index contributed by atoms with van der Waals surface area (Å²) in [5.41, 5.74) is 0. The molecule has 142 valence electrons. The highest BCUT2D eigenvalue weighted by molar-refractivity contribution is 5.95. The molecule has 2 amide bonds.